The highest BCUT2D eigenvalue weighted by molar-refractivity contribution is 5.50. The van der Waals surface area contributed by atoms with Crippen LogP contribution in [0.15, 0.2) is 97.2 Å². The predicted octanol–water partition coefficient (Wildman–Crippen LogP) is 6.37. The molecule has 0 saturated carbocycles. The monoisotopic (exact) mass is 325 g/mol. The molecule has 1 heteroatoms. The first kappa shape index (κ1) is 16.9. The summed E-state index contributed by atoms with van der Waals surface area (Å²) in [6, 6.07) is 27.0. The fourth-order valence-electron chi connectivity index (χ4n) is 2.82. The maximum absolute atomic E-state index is 4.56. The number of rotatable bonds is 7. The average Bonchev–Trinajstić information content (AvgIpc) is 2.69. The summed E-state index contributed by atoms with van der Waals surface area (Å²) in [5.74, 6) is 0.390. The van der Waals surface area contributed by atoms with Crippen LogP contribution in [-0.4, -0.2) is 4.98 Å². The lowest BCUT2D eigenvalue weighted by atomic mass is 9.95. The molecule has 3 rings (SSSR count). The molecule has 0 bridgehead atoms. The van der Waals surface area contributed by atoms with Gasteiger partial charge in [0.2, 0.25) is 0 Å². The molecule has 124 valence electrons. The van der Waals surface area contributed by atoms with Crippen LogP contribution in [0.25, 0.3) is 12.2 Å². The average molecular weight is 325 g/mol. The van der Waals surface area contributed by atoms with Crippen LogP contribution < -0.4 is 0 Å². The topological polar surface area (TPSA) is 12.9 Å². The van der Waals surface area contributed by atoms with Crippen molar-refractivity contribution < 1.29 is 0 Å². The van der Waals surface area contributed by atoms with E-state index in [-0.39, 0.29) is 0 Å². The second kappa shape index (κ2) is 9.39. The Balaban J connectivity index is 1.67. The van der Waals surface area contributed by atoms with E-state index < -0.39 is 0 Å². The Hall–Kier alpha value is -2.93. The van der Waals surface area contributed by atoms with Gasteiger partial charge in [-0.15, -0.1) is 0 Å². The summed E-state index contributed by atoms with van der Waals surface area (Å²) < 4.78 is 0. The van der Waals surface area contributed by atoms with Crippen molar-refractivity contribution in [3.8, 4) is 0 Å². The van der Waals surface area contributed by atoms with Crippen LogP contribution in [0.2, 0.25) is 0 Å². The third kappa shape index (κ3) is 5.58. The standard InChI is InChI=1S/C24H23N/c1-3-11-21(12-4-1)15-9-17-23(24-19-7-8-20-25-24)18-10-16-22-13-5-2-6-14-22/h1-16,19-20,23H,17-18H2/b15-9+,16-10+. The highest BCUT2D eigenvalue weighted by Gasteiger charge is 2.09. The van der Waals surface area contributed by atoms with E-state index >= 15 is 0 Å². The van der Waals surface area contributed by atoms with Crippen LogP contribution in [-0.2, 0) is 0 Å². The smallest absolute Gasteiger partial charge is 0.0440 e. The molecule has 1 heterocycles. The number of hydrogen-bond acceptors (Lipinski definition) is 1. The summed E-state index contributed by atoms with van der Waals surface area (Å²) in [5.41, 5.74) is 3.63. The maximum Gasteiger partial charge on any atom is 0.0440 e. The van der Waals surface area contributed by atoms with Crippen molar-refractivity contribution in [2.24, 2.45) is 0 Å². The number of aromatic nitrogens is 1. The fourth-order valence-corrected chi connectivity index (χ4v) is 2.82. The highest BCUT2D eigenvalue weighted by Crippen LogP contribution is 2.23. The van der Waals surface area contributed by atoms with E-state index in [1.165, 1.54) is 11.1 Å². The molecule has 2 aromatic carbocycles. The van der Waals surface area contributed by atoms with Gasteiger partial charge in [0, 0.05) is 17.8 Å². The van der Waals surface area contributed by atoms with Crippen LogP contribution in [0.5, 0.6) is 0 Å². The molecular formula is C24H23N. The lowest BCUT2D eigenvalue weighted by Crippen LogP contribution is -1.99. The molecular weight excluding hydrogens is 302 g/mol. The number of benzene rings is 2. The molecule has 1 nitrogen and oxygen atoms in total. The third-order valence-corrected chi connectivity index (χ3v) is 4.17. The van der Waals surface area contributed by atoms with Crippen molar-refractivity contribution in [2.45, 2.75) is 18.8 Å². The fraction of sp³-hybridized carbons (Fsp3) is 0.125. The van der Waals surface area contributed by atoms with Crippen molar-refractivity contribution >= 4 is 12.2 Å². The Morgan fingerprint density at radius 1 is 0.640 bits per heavy atom. The Bertz CT molecular complexity index is 738. The van der Waals surface area contributed by atoms with Crippen molar-refractivity contribution in [3.05, 3.63) is 114 Å². The molecule has 0 amide bonds. The van der Waals surface area contributed by atoms with E-state index in [0.717, 1.165) is 18.5 Å². The molecule has 3 aromatic rings. The van der Waals surface area contributed by atoms with Crippen molar-refractivity contribution in [1.29, 1.82) is 0 Å². The number of pyridine rings is 1. The first-order chi connectivity index (χ1) is 12.4. The van der Waals surface area contributed by atoms with Gasteiger partial charge in [-0.3, -0.25) is 4.98 Å². The van der Waals surface area contributed by atoms with Gasteiger partial charge in [-0.05, 0) is 36.1 Å². The summed E-state index contributed by atoms with van der Waals surface area (Å²) >= 11 is 0. The lowest BCUT2D eigenvalue weighted by molar-refractivity contribution is 0.690. The van der Waals surface area contributed by atoms with Gasteiger partial charge >= 0.3 is 0 Å². The molecule has 0 radical (unpaired) electrons. The summed E-state index contributed by atoms with van der Waals surface area (Å²) in [7, 11) is 0. The van der Waals surface area contributed by atoms with E-state index in [0.29, 0.717) is 5.92 Å². The Morgan fingerprint density at radius 3 is 1.64 bits per heavy atom. The first-order valence-electron chi connectivity index (χ1n) is 8.76. The van der Waals surface area contributed by atoms with Crippen LogP contribution in [0.4, 0.5) is 0 Å². The van der Waals surface area contributed by atoms with Gasteiger partial charge in [0.1, 0.15) is 0 Å². The SMILES string of the molecule is C(=C\c1ccccc1)/CC(C/C=C/c1ccccc1)c1ccccn1. The van der Waals surface area contributed by atoms with Gasteiger partial charge in [-0.25, -0.2) is 0 Å². The summed E-state index contributed by atoms with van der Waals surface area (Å²) in [6.07, 6.45) is 12.7. The molecule has 0 aliphatic carbocycles. The van der Waals surface area contributed by atoms with Crippen molar-refractivity contribution in [2.75, 3.05) is 0 Å². The largest absolute Gasteiger partial charge is 0.261 e. The molecule has 0 aliphatic rings. The number of allylic oxidation sites excluding steroid dienone is 2. The van der Waals surface area contributed by atoms with Gasteiger partial charge in [0.25, 0.3) is 0 Å². The van der Waals surface area contributed by atoms with E-state index in [1.807, 2.05) is 24.4 Å². The molecule has 1 aromatic heterocycles. The van der Waals surface area contributed by atoms with Gasteiger partial charge in [-0.1, -0.05) is 91.0 Å². The summed E-state index contributed by atoms with van der Waals surface area (Å²) in [5, 5.41) is 0. The molecule has 0 saturated heterocycles. The molecule has 0 spiro atoms. The quantitative estimate of drug-likeness (QED) is 0.491. The van der Waals surface area contributed by atoms with Gasteiger partial charge in [0.15, 0.2) is 0 Å². The van der Waals surface area contributed by atoms with E-state index in [1.54, 1.807) is 0 Å². The second-order valence-corrected chi connectivity index (χ2v) is 6.05. The van der Waals surface area contributed by atoms with E-state index in [4.69, 9.17) is 0 Å². The van der Waals surface area contributed by atoms with Gasteiger partial charge in [0.05, 0.1) is 0 Å². The van der Waals surface area contributed by atoms with Crippen molar-refractivity contribution in [1.82, 2.24) is 4.98 Å². The second-order valence-electron chi connectivity index (χ2n) is 6.05. The lowest BCUT2D eigenvalue weighted by Gasteiger charge is -2.12. The normalized spacial score (nSPS) is 11.6. The molecule has 0 N–H and O–H groups in total. The summed E-state index contributed by atoms with van der Waals surface area (Å²) in [4.78, 5) is 4.56. The van der Waals surface area contributed by atoms with Crippen LogP contribution in [0.3, 0.4) is 0 Å². The molecule has 0 aliphatic heterocycles. The highest BCUT2D eigenvalue weighted by atomic mass is 14.7. The Kier molecular flexibility index (Phi) is 6.35. The van der Waals surface area contributed by atoms with E-state index in [2.05, 4.69) is 90.0 Å². The van der Waals surface area contributed by atoms with Crippen LogP contribution in [0, 0.1) is 0 Å². The summed E-state index contributed by atoms with van der Waals surface area (Å²) in [6.45, 7) is 0. The van der Waals surface area contributed by atoms with Gasteiger partial charge in [-0.2, -0.15) is 0 Å². The minimum absolute atomic E-state index is 0.390. The number of hydrogen-bond donors (Lipinski definition) is 0. The molecule has 0 fully saturated rings. The minimum Gasteiger partial charge on any atom is -0.261 e. The number of nitrogens with zero attached hydrogens (tertiary/aromatic N) is 1. The zero-order chi connectivity index (χ0) is 17.2. The third-order valence-electron chi connectivity index (χ3n) is 4.17. The zero-order valence-corrected chi connectivity index (χ0v) is 14.3. The Morgan fingerprint density at radius 2 is 1.16 bits per heavy atom. The zero-order valence-electron chi connectivity index (χ0n) is 14.3. The van der Waals surface area contributed by atoms with Gasteiger partial charge < -0.3 is 0 Å². The van der Waals surface area contributed by atoms with Crippen molar-refractivity contribution in [3.63, 3.8) is 0 Å². The molecule has 25 heavy (non-hydrogen) atoms. The molecule has 0 unspecified atom stereocenters. The van der Waals surface area contributed by atoms with Crippen LogP contribution in [0.1, 0.15) is 35.6 Å². The Labute approximate surface area is 150 Å². The first-order valence-corrected chi connectivity index (χ1v) is 8.76. The van der Waals surface area contributed by atoms with Crippen LogP contribution >= 0.6 is 0 Å². The van der Waals surface area contributed by atoms with E-state index in [9.17, 15) is 0 Å². The molecule has 0 atom stereocenters. The maximum atomic E-state index is 4.56. The minimum atomic E-state index is 0.390. The predicted molar refractivity (Wildman–Crippen MR) is 107 cm³/mol.